The minimum absolute atomic E-state index is 0.631. The molecule has 0 aliphatic carbocycles. The van der Waals surface area contributed by atoms with Crippen molar-refractivity contribution < 1.29 is 0 Å². The van der Waals surface area contributed by atoms with Crippen LogP contribution in [0.15, 0.2) is 146 Å². The molecule has 0 amide bonds. The molecule has 0 aliphatic heterocycles. The molecule has 0 saturated carbocycles. The van der Waals surface area contributed by atoms with Gasteiger partial charge < -0.3 is 9.80 Å². The fourth-order valence-electron chi connectivity index (χ4n) is 6.97. The maximum absolute atomic E-state index is 9.51. The first-order chi connectivity index (χ1) is 23.6. The van der Waals surface area contributed by atoms with E-state index in [4.69, 9.17) is 0 Å². The molecule has 0 N–H and O–H groups in total. The summed E-state index contributed by atoms with van der Waals surface area (Å²) >= 11 is 0. The molecule has 48 heavy (non-hydrogen) atoms. The van der Waals surface area contributed by atoms with Gasteiger partial charge in [0.15, 0.2) is 0 Å². The van der Waals surface area contributed by atoms with Gasteiger partial charge in [0.05, 0.1) is 34.6 Å². The van der Waals surface area contributed by atoms with Crippen LogP contribution in [-0.2, 0) is 0 Å². The lowest BCUT2D eigenvalue weighted by molar-refractivity contribution is 1.26. The highest BCUT2D eigenvalue weighted by Gasteiger charge is 2.22. The summed E-state index contributed by atoms with van der Waals surface area (Å²) < 4.78 is 0. The molecular weight excluding hydrogens is 585 g/mol. The van der Waals surface area contributed by atoms with Crippen LogP contribution in [0.3, 0.4) is 0 Å². The van der Waals surface area contributed by atoms with Crippen LogP contribution >= 0.6 is 0 Å². The lowest BCUT2D eigenvalue weighted by Crippen LogP contribution is -2.12. The molecule has 8 rings (SSSR count). The highest BCUT2D eigenvalue weighted by atomic mass is 15.2. The van der Waals surface area contributed by atoms with Crippen LogP contribution in [0.1, 0.15) is 22.3 Å². The monoisotopic (exact) mass is 614 g/mol. The average Bonchev–Trinajstić information content (AvgIpc) is 3.13. The van der Waals surface area contributed by atoms with E-state index in [1.54, 1.807) is 0 Å². The van der Waals surface area contributed by atoms with Crippen LogP contribution in [0.4, 0.5) is 34.1 Å². The Labute approximate surface area is 279 Å². The summed E-state index contributed by atoms with van der Waals surface area (Å²) in [6.07, 6.45) is 0. The molecule has 0 bridgehead atoms. The lowest BCUT2D eigenvalue weighted by Gasteiger charge is -2.30. The molecule has 0 aromatic heterocycles. The third-order valence-electron chi connectivity index (χ3n) is 9.32. The van der Waals surface area contributed by atoms with Gasteiger partial charge in [-0.2, -0.15) is 10.5 Å². The summed E-state index contributed by atoms with van der Waals surface area (Å²) in [6.45, 7) is 4.27. The number of hydrogen-bond donors (Lipinski definition) is 0. The number of nitriles is 2. The standard InChI is InChI=1S/C44H30N4/c1-29-7-3-5-9-39(29)47(35-19-11-31(27-45)12-20-35)41-25-17-33-16-24-38-42(26-18-34-15-23-37(41)43(33)44(34)38)48(40-10-6-4-8-30(40)2)36-21-13-32(28-46)14-22-36/h3-26H,1-2H3. The Hall–Kier alpha value is -6.62. The van der Waals surface area contributed by atoms with Gasteiger partial charge in [-0.1, -0.05) is 72.8 Å². The van der Waals surface area contributed by atoms with Gasteiger partial charge in [0.2, 0.25) is 0 Å². The second-order valence-corrected chi connectivity index (χ2v) is 12.2. The molecule has 4 heteroatoms. The van der Waals surface area contributed by atoms with Gasteiger partial charge in [-0.25, -0.2) is 0 Å². The molecule has 0 fully saturated rings. The summed E-state index contributed by atoms with van der Waals surface area (Å²) in [5, 5.41) is 26.1. The molecule has 4 nitrogen and oxygen atoms in total. The summed E-state index contributed by atoms with van der Waals surface area (Å²) in [4.78, 5) is 4.61. The number of nitrogens with zero attached hydrogens (tertiary/aromatic N) is 4. The van der Waals surface area contributed by atoms with E-state index < -0.39 is 0 Å². The van der Waals surface area contributed by atoms with E-state index in [1.807, 2.05) is 48.5 Å². The quantitative estimate of drug-likeness (QED) is 0.175. The maximum atomic E-state index is 9.51. The third kappa shape index (κ3) is 4.68. The van der Waals surface area contributed by atoms with Crippen molar-refractivity contribution in [1.82, 2.24) is 0 Å². The predicted molar refractivity (Wildman–Crippen MR) is 198 cm³/mol. The smallest absolute Gasteiger partial charge is 0.0991 e. The summed E-state index contributed by atoms with van der Waals surface area (Å²) in [5.74, 6) is 0. The van der Waals surface area contributed by atoms with E-state index in [0.717, 1.165) is 56.0 Å². The first-order valence-corrected chi connectivity index (χ1v) is 16.0. The SMILES string of the molecule is Cc1ccccc1N(c1ccc(C#N)cc1)c1ccc2ccc3c(N(c4ccc(C#N)cc4)c4ccccc4C)ccc4ccc1c2c43. The molecule has 0 saturated heterocycles. The lowest BCUT2D eigenvalue weighted by atomic mass is 9.91. The minimum Gasteiger partial charge on any atom is -0.310 e. The average molecular weight is 615 g/mol. The second kappa shape index (κ2) is 11.6. The van der Waals surface area contributed by atoms with Gasteiger partial charge in [0.25, 0.3) is 0 Å². The summed E-state index contributed by atoms with van der Waals surface area (Å²) in [6, 6.07) is 54.8. The largest absolute Gasteiger partial charge is 0.310 e. The van der Waals surface area contributed by atoms with Crippen LogP contribution in [0, 0.1) is 36.5 Å². The zero-order valence-corrected chi connectivity index (χ0v) is 26.6. The van der Waals surface area contributed by atoms with Crippen LogP contribution in [0.5, 0.6) is 0 Å². The number of hydrogen-bond acceptors (Lipinski definition) is 4. The molecular formula is C44H30N4. The Kier molecular flexibility index (Phi) is 6.98. The number of rotatable bonds is 6. The molecule has 8 aromatic carbocycles. The van der Waals surface area contributed by atoms with Crippen LogP contribution < -0.4 is 9.80 Å². The number of benzene rings is 8. The van der Waals surface area contributed by atoms with Crippen molar-refractivity contribution in [2.24, 2.45) is 0 Å². The summed E-state index contributed by atoms with van der Waals surface area (Å²) in [5.41, 5.74) is 9.88. The molecule has 0 radical (unpaired) electrons. The highest BCUT2D eigenvalue weighted by Crippen LogP contribution is 2.48. The maximum Gasteiger partial charge on any atom is 0.0991 e. The van der Waals surface area contributed by atoms with Crippen molar-refractivity contribution in [1.29, 1.82) is 10.5 Å². The minimum atomic E-state index is 0.631. The van der Waals surface area contributed by atoms with E-state index in [1.165, 1.54) is 21.5 Å². The Bertz CT molecular complexity index is 2370. The Balaban J connectivity index is 1.41. The Morgan fingerprint density at radius 3 is 1.15 bits per heavy atom. The molecule has 0 aliphatic rings. The Morgan fingerprint density at radius 1 is 0.396 bits per heavy atom. The fraction of sp³-hybridized carbons (Fsp3) is 0.0455. The topological polar surface area (TPSA) is 54.1 Å². The highest BCUT2D eigenvalue weighted by molar-refractivity contribution is 6.28. The van der Waals surface area contributed by atoms with Crippen molar-refractivity contribution in [2.75, 3.05) is 9.80 Å². The van der Waals surface area contributed by atoms with Gasteiger partial charge in [0, 0.05) is 33.5 Å². The van der Waals surface area contributed by atoms with Gasteiger partial charge in [-0.15, -0.1) is 0 Å². The normalized spacial score (nSPS) is 11.1. The van der Waals surface area contributed by atoms with Crippen molar-refractivity contribution in [3.05, 3.63) is 168 Å². The van der Waals surface area contributed by atoms with Crippen LogP contribution in [-0.4, -0.2) is 0 Å². The van der Waals surface area contributed by atoms with Crippen LogP contribution in [0.2, 0.25) is 0 Å². The molecule has 226 valence electrons. The number of para-hydroxylation sites is 2. The van der Waals surface area contributed by atoms with E-state index in [2.05, 4.69) is 133 Å². The van der Waals surface area contributed by atoms with E-state index in [9.17, 15) is 10.5 Å². The van der Waals surface area contributed by atoms with E-state index in [-0.39, 0.29) is 0 Å². The van der Waals surface area contributed by atoms with Gasteiger partial charge in [0.1, 0.15) is 0 Å². The summed E-state index contributed by atoms with van der Waals surface area (Å²) in [7, 11) is 0. The first-order valence-electron chi connectivity index (χ1n) is 16.0. The van der Waals surface area contributed by atoms with E-state index >= 15 is 0 Å². The third-order valence-corrected chi connectivity index (χ3v) is 9.32. The first kappa shape index (κ1) is 28.8. The second-order valence-electron chi connectivity index (χ2n) is 12.2. The van der Waals surface area contributed by atoms with Crippen molar-refractivity contribution in [3.63, 3.8) is 0 Å². The van der Waals surface area contributed by atoms with Gasteiger partial charge in [-0.3, -0.25) is 0 Å². The van der Waals surface area contributed by atoms with Gasteiger partial charge >= 0.3 is 0 Å². The Morgan fingerprint density at radius 2 is 0.771 bits per heavy atom. The molecule has 0 atom stereocenters. The molecule has 8 aromatic rings. The zero-order valence-electron chi connectivity index (χ0n) is 26.6. The fourth-order valence-corrected chi connectivity index (χ4v) is 6.97. The van der Waals surface area contributed by atoms with Gasteiger partial charge in [-0.05, 0) is 119 Å². The van der Waals surface area contributed by atoms with Crippen molar-refractivity contribution >= 4 is 66.4 Å². The molecule has 0 unspecified atom stereocenters. The number of anilines is 6. The van der Waals surface area contributed by atoms with E-state index in [0.29, 0.717) is 11.1 Å². The number of aryl methyl sites for hydroxylation is 2. The zero-order chi connectivity index (χ0) is 32.8. The van der Waals surface area contributed by atoms with Crippen molar-refractivity contribution in [3.8, 4) is 12.1 Å². The van der Waals surface area contributed by atoms with Crippen molar-refractivity contribution in [2.45, 2.75) is 13.8 Å². The molecule has 0 heterocycles. The predicted octanol–water partition coefficient (Wildman–Crippen LogP) is 11.9. The molecule has 0 spiro atoms. The van der Waals surface area contributed by atoms with Crippen LogP contribution in [0.25, 0.3) is 32.3 Å².